The molecule has 1 rings (SSSR count). The summed E-state index contributed by atoms with van der Waals surface area (Å²) in [5.74, 6) is -1.24. The van der Waals surface area contributed by atoms with E-state index >= 15 is 0 Å². The van der Waals surface area contributed by atoms with Crippen molar-refractivity contribution in [3.63, 3.8) is 0 Å². The molecule has 0 aliphatic heterocycles. The average Bonchev–Trinajstić information content (AvgIpc) is 2.29. The van der Waals surface area contributed by atoms with Gasteiger partial charge >= 0.3 is 5.97 Å². The maximum atomic E-state index is 12.0. The first-order chi connectivity index (χ1) is 7.95. The zero-order valence-corrected chi connectivity index (χ0v) is 8.94. The second-order valence-corrected chi connectivity index (χ2v) is 3.01. The zero-order chi connectivity index (χ0) is 13.0. The summed E-state index contributed by atoms with van der Waals surface area (Å²) in [6.45, 7) is -0.902. The van der Waals surface area contributed by atoms with E-state index in [1.165, 1.54) is 0 Å². The quantitative estimate of drug-likeness (QED) is 0.758. The van der Waals surface area contributed by atoms with E-state index in [0.717, 1.165) is 13.2 Å². The van der Waals surface area contributed by atoms with Crippen molar-refractivity contribution in [2.75, 3.05) is 25.2 Å². The molecule has 0 spiro atoms. The number of pyridine rings is 1. The molecule has 0 fully saturated rings. The summed E-state index contributed by atoms with van der Waals surface area (Å²) in [5.41, 5.74) is 10.7. The van der Waals surface area contributed by atoms with Gasteiger partial charge in [0.1, 0.15) is 5.56 Å². The van der Waals surface area contributed by atoms with Gasteiger partial charge < -0.3 is 20.9 Å². The molecule has 17 heavy (non-hydrogen) atoms. The van der Waals surface area contributed by atoms with E-state index in [1.54, 1.807) is 0 Å². The monoisotopic (exact) mass is 247 g/mol. The fraction of sp³-hybridized carbons (Fsp3) is 0.333. The molecule has 0 atom stereocenters. The van der Waals surface area contributed by atoms with Crippen LogP contribution >= 0.6 is 0 Å². The largest absolute Gasteiger partial charge is 0.471 e. The van der Waals surface area contributed by atoms with Crippen molar-refractivity contribution in [1.82, 2.24) is 4.98 Å². The first-order valence-electron chi connectivity index (χ1n) is 4.51. The molecule has 1 aromatic heterocycles. The third-order valence-corrected chi connectivity index (χ3v) is 1.80. The van der Waals surface area contributed by atoms with Crippen molar-refractivity contribution in [3.8, 4) is 5.88 Å². The lowest BCUT2D eigenvalue weighted by atomic mass is 10.2. The van der Waals surface area contributed by atoms with Crippen LogP contribution in [0.1, 0.15) is 10.4 Å². The predicted molar refractivity (Wildman–Crippen MR) is 55.9 cm³/mol. The van der Waals surface area contributed by atoms with Crippen molar-refractivity contribution >= 4 is 17.5 Å². The maximum Gasteiger partial charge on any atom is 0.343 e. The highest BCUT2D eigenvalue weighted by Crippen LogP contribution is 2.24. The summed E-state index contributed by atoms with van der Waals surface area (Å²) in [6, 6.07) is 1.16. The number of anilines is 2. The molecule has 0 bridgehead atoms. The number of alkyl halides is 2. The molecular weight excluding hydrogens is 236 g/mol. The van der Waals surface area contributed by atoms with Crippen LogP contribution in [0.5, 0.6) is 5.88 Å². The Balaban J connectivity index is 3.07. The maximum absolute atomic E-state index is 12.0. The van der Waals surface area contributed by atoms with E-state index in [9.17, 15) is 13.6 Å². The molecule has 0 unspecified atom stereocenters. The number of nitrogen functional groups attached to an aromatic ring is 2. The van der Waals surface area contributed by atoms with Gasteiger partial charge in [0.05, 0.1) is 12.8 Å². The molecule has 0 saturated heterocycles. The number of aromatic nitrogens is 1. The number of nitrogens with two attached hydrogens (primary N) is 2. The van der Waals surface area contributed by atoms with E-state index in [4.69, 9.17) is 11.5 Å². The Kier molecular flexibility index (Phi) is 4.02. The van der Waals surface area contributed by atoms with Gasteiger partial charge in [0.25, 0.3) is 6.43 Å². The highest BCUT2D eigenvalue weighted by Gasteiger charge is 2.18. The first kappa shape index (κ1) is 12.9. The summed E-state index contributed by atoms with van der Waals surface area (Å²) >= 11 is 0. The van der Waals surface area contributed by atoms with Crippen LogP contribution in [0.3, 0.4) is 0 Å². The van der Waals surface area contributed by atoms with Crippen molar-refractivity contribution in [1.29, 1.82) is 0 Å². The SMILES string of the molecule is COC(=O)c1cc(N)c(N)nc1OCC(F)F. The van der Waals surface area contributed by atoms with Gasteiger partial charge in [-0.25, -0.2) is 13.6 Å². The van der Waals surface area contributed by atoms with Gasteiger partial charge in [0.15, 0.2) is 12.4 Å². The number of hydrogen-bond acceptors (Lipinski definition) is 6. The van der Waals surface area contributed by atoms with Crippen LogP contribution in [0.25, 0.3) is 0 Å². The molecule has 0 radical (unpaired) electrons. The van der Waals surface area contributed by atoms with Gasteiger partial charge in [0.2, 0.25) is 5.88 Å². The summed E-state index contributed by atoms with van der Waals surface area (Å²) in [4.78, 5) is 14.9. The molecular formula is C9H11F2N3O3. The van der Waals surface area contributed by atoms with Gasteiger partial charge in [-0.1, -0.05) is 0 Å². The Bertz CT molecular complexity index is 426. The molecule has 0 amide bonds. The van der Waals surface area contributed by atoms with E-state index < -0.39 is 19.0 Å². The summed E-state index contributed by atoms with van der Waals surface area (Å²) < 4.78 is 33.1. The highest BCUT2D eigenvalue weighted by molar-refractivity contribution is 5.93. The minimum atomic E-state index is -2.69. The summed E-state index contributed by atoms with van der Waals surface area (Å²) in [7, 11) is 1.13. The smallest absolute Gasteiger partial charge is 0.343 e. The lowest BCUT2D eigenvalue weighted by molar-refractivity contribution is 0.0574. The lowest BCUT2D eigenvalue weighted by Crippen LogP contribution is -2.14. The van der Waals surface area contributed by atoms with Gasteiger partial charge in [-0.15, -0.1) is 0 Å². The second-order valence-electron chi connectivity index (χ2n) is 3.01. The molecule has 8 heteroatoms. The number of ether oxygens (including phenoxy) is 2. The van der Waals surface area contributed by atoms with Crippen molar-refractivity contribution in [2.24, 2.45) is 0 Å². The summed E-state index contributed by atoms with van der Waals surface area (Å²) in [5, 5.41) is 0. The fourth-order valence-corrected chi connectivity index (χ4v) is 1.03. The Labute approximate surface area is 95.5 Å². The third-order valence-electron chi connectivity index (χ3n) is 1.80. The minimum Gasteiger partial charge on any atom is -0.471 e. The molecule has 94 valence electrons. The van der Waals surface area contributed by atoms with Crippen LogP contribution in [0.15, 0.2) is 6.07 Å². The number of nitrogens with zero attached hydrogens (tertiary/aromatic N) is 1. The minimum absolute atomic E-state index is 0.0368. The number of halogens is 2. The van der Waals surface area contributed by atoms with Gasteiger partial charge in [-0.05, 0) is 6.07 Å². The second kappa shape index (κ2) is 5.28. The Hall–Kier alpha value is -2.12. The molecule has 0 saturated carbocycles. The van der Waals surface area contributed by atoms with Gasteiger partial charge in [-0.2, -0.15) is 4.98 Å². The van der Waals surface area contributed by atoms with E-state index in [-0.39, 0.29) is 22.9 Å². The van der Waals surface area contributed by atoms with Crippen LogP contribution in [0, 0.1) is 0 Å². The zero-order valence-electron chi connectivity index (χ0n) is 8.94. The van der Waals surface area contributed by atoms with Crippen LogP contribution in [-0.4, -0.2) is 31.1 Å². The fourth-order valence-electron chi connectivity index (χ4n) is 1.03. The predicted octanol–water partition coefficient (Wildman–Crippen LogP) is 0.676. The average molecular weight is 247 g/mol. The third kappa shape index (κ3) is 3.16. The van der Waals surface area contributed by atoms with E-state index in [0.29, 0.717) is 0 Å². The Morgan fingerprint density at radius 3 is 2.71 bits per heavy atom. The van der Waals surface area contributed by atoms with Gasteiger partial charge in [0, 0.05) is 0 Å². The topological polar surface area (TPSA) is 100 Å². The Morgan fingerprint density at radius 1 is 1.53 bits per heavy atom. The van der Waals surface area contributed by atoms with E-state index in [2.05, 4.69) is 14.5 Å². The number of carbonyl (C=O) groups excluding carboxylic acids is 1. The van der Waals surface area contributed by atoms with Crippen molar-refractivity contribution < 1.29 is 23.0 Å². The molecule has 1 heterocycles. The molecule has 1 aromatic rings. The van der Waals surface area contributed by atoms with Crippen LogP contribution in [0.4, 0.5) is 20.3 Å². The van der Waals surface area contributed by atoms with Crippen LogP contribution < -0.4 is 16.2 Å². The van der Waals surface area contributed by atoms with Crippen molar-refractivity contribution in [2.45, 2.75) is 6.43 Å². The Morgan fingerprint density at radius 2 is 2.18 bits per heavy atom. The number of hydrogen-bond donors (Lipinski definition) is 2. The van der Waals surface area contributed by atoms with Gasteiger partial charge in [-0.3, -0.25) is 0 Å². The standard InChI is InChI=1S/C9H11F2N3O3/c1-16-9(15)4-2-5(12)7(13)14-8(4)17-3-6(10)11/h2,6H,3,12H2,1H3,(H2,13,14). The number of carbonyl (C=O) groups is 1. The number of rotatable bonds is 4. The molecule has 0 aromatic carbocycles. The number of methoxy groups -OCH3 is 1. The van der Waals surface area contributed by atoms with Crippen LogP contribution in [-0.2, 0) is 4.74 Å². The lowest BCUT2D eigenvalue weighted by Gasteiger charge is -2.10. The highest BCUT2D eigenvalue weighted by atomic mass is 19.3. The molecule has 0 aliphatic rings. The van der Waals surface area contributed by atoms with Crippen molar-refractivity contribution in [3.05, 3.63) is 11.6 Å². The molecule has 4 N–H and O–H groups in total. The van der Waals surface area contributed by atoms with Crippen LogP contribution in [0.2, 0.25) is 0 Å². The number of esters is 1. The molecule has 6 nitrogen and oxygen atoms in total. The summed E-state index contributed by atoms with van der Waals surface area (Å²) in [6.07, 6.45) is -2.69. The first-order valence-corrected chi connectivity index (χ1v) is 4.51. The molecule has 0 aliphatic carbocycles. The van der Waals surface area contributed by atoms with E-state index in [1.807, 2.05) is 0 Å². The normalized spacial score (nSPS) is 10.4.